The van der Waals surface area contributed by atoms with Gasteiger partial charge in [-0.2, -0.15) is 0 Å². The van der Waals surface area contributed by atoms with Crippen molar-refractivity contribution in [3.63, 3.8) is 0 Å². The van der Waals surface area contributed by atoms with Crippen molar-refractivity contribution in [2.24, 2.45) is 0 Å². The first-order valence-electron chi connectivity index (χ1n) is 5.57. The zero-order valence-corrected chi connectivity index (χ0v) is 13.1. The third-order valence-corrected chi connectivity index (χ3v) is 5.93. The van der Waals surface area contributed by atoms with Crippen LogP contribution in [0, 0.1) is 0 Å². The molecule has 6 heteroatoms. The molecular weight excluding hydrogens is 334 g/mol. The number of rotatable bonds is 4. The van der Waals surface area contributed by atoms with Crippen molar-refractivity contribution in [2.75, 3.05) is 7.05 Å². The van der Waals surface area contributed by atoms with E-state index in [0.29, 0.717) is 15.4 Å². The first-order chi connectivity index (χ1) is 8.46. The lowest BCUT2D eigenvalue weighted by atomic mass is 10.2. The Hall–Kier alpha value is -0.460. The van der Waals surface area contributed by atoms with Gasteiger partial charge in [0.1, 0.15) is 0 Å². The van der Waals surface area contributed by atoms with Crippen LogP contribution in [0.25, 0.3) is 4.91 Å². The van der Waals surface area contributed by atoms with E-state index in [4.69, 9.17) is 0 Å². The van der Waals surface area contributed by atoms with Gasteiger partial charge >= 0.3 is 0 Å². The largest absolute Gasteiger partial charge is 0.393 e. The highest BCUT2D eigenvalue weighted by molar-refractivity contribution is 9.10. The fourth-order valence-corrected chi connectivity index (χ4v) is 4.52. The predicted octanol–water partition coefficient (Wildman–Crippen LogP) is 2.83. The van der Waals surface area contributed by atoms with E-state index < -0.39 is 9.84 Å². The van der Waals surface area contributed by atoms with Gasteiger partial charge < -0.3 is 5.32 Å². The summed E-state index contributed by atoms with van der Waals surface area (Å²) >= 11 is 7.67. The quantitative estimate of drug-likeness (QED) is 0.823. The van der Waals surface area contributed by atoms with Crippen molar-refractivity contribution in [2.45, 2.75) is 23.0 Å². The first kappa shape index (κ1) is 14.0. The summed E-state index contributed by atoms with van der Waals surface area (Å²) in [6.45, 7) is 0. The lowest BCUT2D eigenvalue weighted by Gasteiger charge is -2.10. The highest BCUT2D eigenvalue weighted by Gasteiger charge is 2.38. The Kier molecular flexibility index (Phi) is 4.08. The fourth-order valence-electron chi connectivity index (χ4n) is 1.72. The molecule has 0 amide bonds. The van der Waals surface area contributed by atoms with E-state index in [9.17, 15) is 8.42 Å². The Morgan fingerprint density at radius 3 is 2.72 bits per heavy atom. The van der Waals surface area contributed by atoms with Gasteiger partial charge in [-0.1, -0.05) is 22.0 Å². The molecule has 0 heterocycles. The third-order valence-electron chi connectivity index (χ3n) is 2.77. The van der Waals surface area contributed by atoms with Gasteiger partial charge in [-0.25, -0.2) is 8.42 Å². The summed E-state index contributed by atoms with van der Waals surface area (Å²) in [6.07, 6.45) is 3.19. The lowest BCUT2D eigenvalue weighted by molar-refractivity contribution is 0.594. The van der Waals surface area contributed by atoms with Crippen LogP contribution in [-0.4, -0.2) is 20.7 Å². The number of thiol groups is 1. The molecule has 18 heavy (non-hydrogen) atoms. The topological polar surface area (TPSA) is 46.2 Å². The number of sulfone groups is 1. The maximum atomic E-state index is 12.4. The van der Waals surface area contributed by atoms with Crippen LogP contribution < -0.4 is 5.32 Å². The molecule has 2 rings (SSSR count). The number of benzene rings is 1. The van der Waals surface area contributed by atoms with Gasteiger partial charge in [-0.3, -0.25) is 0 Å². The molecule has 1 saturated carbocycles. The molecule has 1 aliphatic carbocycles. The summed E-state index contributed by atoms with van der Waals surface area (Å²) in [6, 6.07) is 5.25. The minimum atomic E-state index is -3.23. The third kappa shape index (κ3) is 2.75. The molecule has 0 aromatic heterocycles. The summed E-state index contributed by atoms with van der Waals surface area (Å²) in [5.41, 5.74) is 0.641. The van der Waals surface area contributed by atoms with Crippen LogP contribution in [0.1, 0.15) is 18.4 Å². The van der Waals surface area contributed by atoms with E-state index in [2.05, 4.69) is 33.9 Å². The van der Waals surface area contributed by atoms with Gasteiger partial charge in [0.15, 0.2) is 9.84 Å². The Balaban J connectivity index is 2.58. The van der Waals surface area contributed by atoms with Crippen molar-refractivity contribution in [1.29, 1.82) is 0 Å². The van der Waals surface area contributed by atoms with Crippen LogP contribution in [0.2, 0.25) is 0 Å². The van der Waals surface area contributed by atoms with Crippen molar-refractivity contribution < 1.29 is 8.42 Å². The zero-order chi connectivity index (χ0) is 13.3. The van der Waals surface area contributed by atoms with Gasteiger partial charge in [0.25, 0.3) is 0 Å². The van der Waals surface area contributed by atoms with Crippen LogP contribution in [0.5, 0.6) is 0 Å². The second-order valence-corrected chi connectivity index (χ2v) is 7.80. The maximum absolute atomic E-state index is 12.4. The van der Waals surface area contributed by atoms with E-state index in [0.717, 1.165) is 17.3 Å². The van der Waals surface area contributed by atoms with Crippen molar-refractivity contribution >= 4 is 43.3 Å². The van der Waals surface area contributed by atoms with E-state index >= 15 is 0 Å². The van der Waals surface area contributed by atoms with Crippen LogP contribution in [0.15, 0.2) is 33.8 Å². The van der Waals surface area contributed by atoms with Gasteiger partial charge in [-0.15, -0.1) is 12.6 Å². The summed E-state index contributed by atoms with van der Waals surface area (Å²) < 4.78 is 25.5. The monoisotopic (exact) mass is 347 g/mol. The summed E-state index contributed by atoms with van der Waals surface area (Å²) in [5.74, 6) is 0. The molecule has 0 bridgehead atoms. The summed E-state index contributed by atoms with van der Waals surface area (Å²) in [5, 5.41) is 2.64. The summed E-state index contributed by atoms with van der Waals surface area (Å²) in [4.78, 5) is 0.972. The second kappa shape index (κ2) is 5.27. The van der Waals surface area contributed by atoms with Crippen LogP contribution in [-0.2, 0) is 9.84 Å². The highest BCUT2D eigenvalue weighted by Crippen LogP contribution is 2.38. The normalized spacial score (nSPS) is 16.7. The number of nitrogens with one attached hydrogen (secondary N) is 1. The van der Waals surface area contributed by atoms with E-state index in [-0.39, 0.29) is 5.25 Å². The average Bonchev–Trinajstić information content (AvgIpc) is 3.13. The standard InChI is InChI=1S/C12H14BrNO2S2/c1-14-7-11(17)10-5-2-8(13)6-12(10)18(15,16)9-3-4-9/h2,5-7,9,14,17H,3-4H2,1H3/b11-7-. The minimum absolute atomic E-state index is 0.221. The molecule has 1 aliphatic rings. The van der Waals surface area contributed by atoms with E-state index in [1.807, 2.05) is 6.07 Å². The molecule has 0 aliphatic heterocycles. The van der Waals surface area contributed by atoms with Gasteiger partial charge in [0.2, 0.25) is 0 Å². The second-order valence-electron chi connectivity index (χ2n) is 4.20. The van der Waals surface area contributed by atoms with Crippen LogP contribution in [0.4, 0.5) is 0 Å². The Morgan fingerprint density at radius 2 is 2.17 bits per heavy atom. The van der Waals surface area contributed by atoms with Crippen molar-refractivity contribution in [1.82, 2.24) is 5.32 Å². The van der Waals surface area contributed by atoms with E-state index in [1.54, 1.807) is 25.4 Å². The fraction of sp³-hybridized carbons (Fsp3) is 0.333. The van der Waals surface area contributed by atoms with Crippen LogP contribution in [0.3, 0.4) is 0 Å². The van der Waals surface area contributed by atoms with Crippen molar-refractivity contribution in [3.8, 4) is 0 Å². The molecular formula is C12H14BrNO2S2. The smallest absolute Gasteiger partial charge is 0.181 e. The summed E-state index contributed by atoms with van der Waals surface area (Å²) in [7, 11) is -1.48. The molecule has 0 radical (unpaired) electrons. The van der Waals surface area contributed by atoms with Gasteiger partial charge in [-0.05, 0) is 25.0 Å². The van der Waals surface area contributed by atoms with Crippen LogP contribution >= 0.6 is 28.6 Å². The van der Waals surface area contributed by atoms with Gasteiger partial charge in [0.05, 0.1) is 10.1 Å². The number of hydrogen-bond donors (Lipinski definition) is 2. The lowest BCUT2D eigenvalue weighted by Crippen LogP contribution is -2.10. The molecule has 0 saturated heterocycles. The number of halogens is 1. The zero-order valence-electron chi connectivity index (χ0n) is 9.85. The van der Waals surface area contributed by atoms with Gasteiger partial charge in [0, 0.05) is 28.2 Å². The molecule has 0 spiro atoms. The Bertz CT molecular complexity index is 592. The highest BCUT2D eigenvalue weighted by atomic mass is 79.9. The minimum Gasteiger partial charge on any atom is -0.393 e. The van der Waals surface area contributed by atoms with E-state index in [1.165, 1.54) is 0 Å². The SMILES string of the molecule is CN/C=C(\S)c1ccc(Br)cc1S(=O)(=O)C1CC1. The predicted molar refractivity (Wildman–Crippen MR) is 80.4 cm³/mol. The molecule has 1 aromatic rings. The van der Waals surface area contributed by atoms with Crippen molar-refractivity contribution in [3.05, 3.63) is 34.4 Å². The molecule has 98 valence electrons. The molecule has 0 unspecified atom stereocenters. The average molecular weight is 348 g/mol. The molecule has 3 nitrogen and oxygen atoms in total. The number of hydrogen-bond acceptors (Lipinski definition) is 4. The Morgan fingerprint density at radius 1 is 1.50 bits per heavy atom. The molecule has 1 N–H and O–H groups in total. The Labute approximate surface area is 121 Å². The maximum Gasteiger partial charge on any atom is 0.181 e. The first-order valence-corrected chi connectivity index (χ1v) is 8.35. The molecule has 1 fully saturated rings. The molecule has 1 aromatic carbocycles. The molecule has 0 atom stereocenters.